The molecule has 1 aromatic heterocycles. The van der Waals surface area contributed by atoms with E-state index in [9.17, 15) is 14.4 Å². The zero-order valence-electron chi connectivity index (χ0n) is 14.2. The van der Waals surface area contributed by atoms with E-state index in [4.69, 9.17) is 0 Å². The van der Waals surface area contributed by atoms with E-state index in [1.165, 1.54) is 0 Å². The van der Waals surface area contributed by atoms with E-state index in [2.05, 4.69) is 20.9 Å². The zero-order valence-corrected chi connectivity index (χ0v) is 14.2. The number of rotatable bonds is 7. The van der Waals surface area contributed by atoms with Crippen molar-refractivity contribution in [1.82, 2.24) is 15.6 Å². The summed E-state index contributed by atoms with van der Waals surface area (Å²) in [5, 5.41) is 8.26. The Kier molecular flexibility index (Phi) is 5.58. The average Bonchev–Trinajstić information content (AvgIpc) is 3.51. The van der Waals surface area contributed by atoms with E-state index < -0.39 is 0 Å². The number of carbonyl (C=O) groups is 3. The molecule has 7 heteroatoms. The van der Waals surface area contributed by atoms with Crippen LogP contribution in [0.2, 0.25) is 0 Å². The molecule has 3 amide bonds. The first kappa shape index (κ1) is 17.6. The number of anilines is 1. The second-order valence-electron chi connectivity index (χ2n) is 6.07. The van der Waals surface area contributed by atoms with Crippen molar-refractivity contribution < 1.29 is 14.4 Å². The Morgan fingerprint density at radius 3 is 2.31 bits per heavy atom. The van der Waals surface area contributed by atoms with Crippen LogP contribution < -0.4 is 16.0 Å². The minimum absolute atomic E-state index is 0.0623. The molecule has 3 N–H and O–H groups in total. The Bertz CT molecular complexity index is 786. The standard InChI is InChI=1S/C19H20N4O3/c24-17(13-4-5-13)21-11-12-22-18(25)14-6-8-15(9-7-14)23-19(26)16-3-1-2-10-20-16/h1-3,6-10,13H,4-5,11-12H2,(H,21,24)(H,22,25)(H,23,26). The molecule has 7 nitrogen and oxygen atoms in total. The molecule has 134 valence electrons. The lowest BCUT2D eigenvalue weighted by atomic mass is 10.2. The summed E-state index contributed by atoms with van der Waals surface area (Å²) in [6, 6.07) is 11.7. The van der Waals surface area contributed by atoms with E-state index in [-0.39, 0.29) is 23.6 Å². The van der Waals surface area contributed by atoms with Gasteiger partial charge in [-0.15, -0.1) is 0 Å². The summed E-state index contributed by atoms with van der Waals surface area (Å²) in [5.41, 5.74) is 1.38. The van der Waals surface area contributed by atoms with E-state index in [1.54, 1.807) is 48.7 Å². The lowest BCUT2D eigenvalue weighted by molar-refractivity contribution is -0.122. The number of hydrogen-bond acceptors (Lipinski definition) is 4. The van der Waals surface area contributed by atoms with Crippen LogP contribution in [-0.4, -0.2) is 35.8 Å². The van der Waals surface area contributed by atoms with Crippen LogP contribution in [0, 0.1) is 5.92 Å². The predicted molar refractivity (Wildman–Crippen MR) is 96.7 cm³/mol. The number of hydrogen-bond donors (Lipinski definition) is 3. The van der Waals surface area contributed by atoms with Gasteiger partial charge in [0.05, 0.1) is 0 Å². The van der Waals surface area contributed by atoms with Gasteiger partial charge < -0.3 is 16.0 Å². The van der Waals surface area contributed by atoms with Gasteiger partial charge >= 0.3 is 0 Å². The van der Waals surface area contributed by atoms with E-state index in [0.717, 1.165) is 12.8 Å². The van der Waals surface area contributed by atoms with Crippen molar-refractivity contribution in [3.63, 3.8) is 0 Å². The Labute approximate surface area is 151 Å². The number of nitrogens with zero attached hydrogens (tertiary/aromatic N) is 1. The molecule has 2 aromatic rings. The van der Waals surface area contributed by atoms with Gasteiger partial charge in [0.1, 0.15) is 5.69 Å². The highest BCUT2D eigenvalue weighted by molar-refractivity contribution is 6.03. The fourth-order valence-electron chi connectivity index (χ4n) is 2.35. The summed E-state index contributed by atoms with van der Waals surface area (Å²) in [4.78, 5) is 39.6. The highest BCUT2D eigenvalue weighted by Gasteiger charge is 2.28. The van der Waals surface area contributed by atoms with Crippen LogP contribution in [0.3, 0.4) is 0 Å². The molecule has 1 aliphatic carbocycles. The van der Waals surface area contributed by atoms with Crippen molar-refractivity contribution in [3.05, 3.63) is 59.9 Å². The van der Waals surface area contributed by atoms with Crippen molar-refractivity contribution in [2.24, 2.45) is 5.92 Å². The SMILES string of the molecule is O=C(NCCNC(=O)C1CC1)c1ccc(NC(=O)c2ccccn2)cc1. The molecule has 1 aromatic carbocycles. The molecule has 0 spiro atoms. The Morgan fingerprint density at radius 1 is 0.923 bits per heavy atom. The molecule has 1 heterocycles. The molecule has 3 rings (SSSR count). The van der Waals surface area contributed by atoms with Crippen molar-refractivity contribution >= 4 is 23.4 Å². The Hall–Kier alpha value is -3.22. The zero-order chi connectivity index (χ0) is 18.4. The number of amides is 3. The van der Waals surface area contributed by atoms with E-state index >= 15 is 0 Å². The maximum Gasteiger partial charge on any atom is 0.274 e. The monoisotopic (exact) mass is 352 g/mol. The quantitative estimate of drug-likeness (QED) is 0.659. The highest BCUT2D eigenvalue weighted by atomic mass is 16.2. The molecule has 26 heavy (non-hydrogen) atoms. The largest absolute Gasteiger partial charge is 0.354 e. The molecule has 1 fully saturated rings. The molecule has 0 radical (unpaired) electrons. The lowest BCUT2D eigenvalue weighted by Crippen LogP contribution is -2.35. The highest BCUT2D eigenvalue weighted by Crippen LogP contribution is 2.28. The maximum atomic E-state index is 12.1. The van der Waals surface area contributed by atoms with Gasteiger partial charge in [-0.3, -0.25) is 19.4 Å². The molecular weight excluding hydrogens is 332 g/mol. The maximum absolute atomic E-state index is 12.1. The fraction of sp³-hybridized carbons (Fsp3) is 0.263. The third-order valence-corrected chi connectivity index (χ3v) is 3.96. The van der Waals surface area contributed by atoms with E-state index in [0.29, 0.717) is 30.0 Å². The topological polar surface area (TPSA) is 100 Å². The van der Waals surface area contributed by atoms with Gasteiger partial charge in [-0.25, -0.2) is 0 Å². The van der Waals surface area contributed by atoms with Gasteiger partial charge in [0.25, 0.3) is 11.8 Å². The lowest BCUT2D eigenvalue weighted by Gasteiger charge is -2.08. The van der Waals surface area contributed by atoms with Crippen molar-refractivity contribution in [1.29, 1.82) is 0 Å². The normalized spacial score (nSPS) is 12.9. The predicted octanol–water partition coefficient (Wildman–Crippen LogP) is 1.59. The fourth-order valence-corrected chi connectivity index (χ4v) is 2.35. The van der Waals surface area contributed by atoms with Gasteiger partial charge in [0.15, 0.2) is 0 Å². The third kappa shape index (κ3) is 4.89. The first-order valence-electron chi connectivity index (χ1n) is 8.52. The number of nitrogens with one attached hydrogen (secondary N) is 3. The van der Waals surface area contributed by atoms with Crippen LogP contribution in [0.1, 0.15) is 33.7 Å². The smallest absolute Gasteiger partial charge is 0.274 e. The molecule has 0 aliphatic heterocycles. The molecule has 0 bridgehead atoms. The molecule has 1 aliphatic rings. The molecule has 0 saturated heterocycles. The van der Waals surface area contributed by atoms with Crippen molar-refractivity contribution in [3.8, 4) is 0 Å². The second-order valence-corrected chi connectivity index (χ2v) is 6.07. The molecule has 1 saturated carbocycles. The summed E-state index contributed by atoms with van der Waals surface area (Å²) in [6.07, 6.45) is 3.47. The van der Waals surface area contributed by atoms with E-state index in [1.807, 2.05) is 0 Å². The minimum Gasteiger partial charge on any atom is -0.354 e. The number of benzene rings is 1. The third-order valence-electron chi connectivity index (χ3n) is 3.96. The summed E-state index contributed by atoms with van der Waals surface area (Å²) >= 11 is 0. The van der Waals surface area contributed by atoms with Crippen LogP contribution in [0.15, 0.2) is 48.7 Å². The van der Waals surface area contributed by atoms with Gasteiger partial charge in [-0.2, -0.15) is 0 Å². The van der Waals surface area contributed by atoms with Crippen molar-refractivity contribution in [2.45, 2.75) is 12.8 Å². The molecule has 0 unspecified atom stereocenters. The Balaban J connectivity index is 1.45. The number of aromatic nitrogens is 1. The first-order chi connectivity index (χ1) is 12.6. The second kappa shape index (κ2) is 8.24. The van der Waals surface area contributed by atoms with Gasteiger partial charge in [0.2, 0.25) is 5.91 Å². The summed E-state index contributed by atoms with van der Waals surface area (Å²) in [7, 11) is 0. The summed E-state index contributed by atoms with van der Waals surface area (Å²) in [5.74, 6) is -0.311. The van der Waals surface area contributed by atoms with Crippen LogP contribution in [0.5, 0.6) is 0 Å². The van der Waals surface area contributed by atoms with Crippen LogP contribution in [0.4, 0.5) is 5.69 Å². The average molecular weight is 352 g/mol. The first-order valence-corrected chi connectivity index (χ1v) is 8.52. The minimum atomic E-state index is -0.311. The number of pyridine rings is 1. The Morgan fingerprint density at radius 2 is 1.65 bits per heavy atom. The molecule has 0 atom stereocenters. The number of carbonyl (C=O) groups excluding carboxylic acids is 3. The van der Waals surface area contributed by atoms with Crippen LogP contribution in [0.25, 0.3) is 0 Å². The van der Waals surface area contributed by atoms with Crippen LogP contribution >= 0.6 is 0 Å². The van der Waals surface area contributed by atoms with Crippen molar-refractivity contribution in [2.75, 3.05) is 18.4 Å². The van der Waals surface area contributed by atoms with Crippen LogP contribution in [-0.2, 0) is 4.79 Å². The van der Waals surface area contributed by atoms with Gasteiger partial charge in [0, 0.05) is 36.5 Å². The molecular formula is C19H20N4O3. The summed E-state index contributed by atoms with van der Waals surface area (Å²) < 4.78 is 0. The summed E-state index contributed by atoms with van der Waals surface area (Å²) in [6.45, 7) is 0.786. The van der Waals surface area contributed by atoms with Gasteiger partial charge in [-0.1, -0.05) is 6.07 Å². The van der Waals surface area contributed by atoms with Gasteiger partial charge in [-0.05, 0) is 49.2 Å².